The van der Waals surface area contributed by atoms with Crippen LogP contribution >= 0.6 is 0 Å². The first kappa shape index (κ1) is 15.3. The average Bonchev–Trinajstić information content (AvgIpc) is 1.98. The number of carbonyl (C=O) groups is 2. The molecule has 0 aliphatic rings. The van der Waals surface area contributed by atoms with Crippen molar-refractivity contribution in [2.75, 3.05) is 14.2 Å². The fourth-order valence-electron chi connectivity index (χ4n) is 0.545. The standard InChI is InChI=1S/C7H12O5.Ti/c1-5(8)4-6(9)12-7(10-2)11-3;/h7H,4H2,1-3H3;. The first-order chi connectivity index (χ1) is 5.60. The van der Waals surface area contributed by atoms with Crippen LogP contribution in [0.4, 0.5) is 0 Å². The second kappa shape index (κ2) is 8.38. The summed E-state index contributed by atoms with van der Waals surface area (Å²) in [6.07, 6.45) is -0.261. The van der Waals surface area contributed by atoms with E-state index >= 15 is 0 Å². The maximum Gasteiger partial charge on any atom is 0.317 e. The Morgan fingerprint density at radius 1 is 1.23 bits per heavy atom. The average molecular weight is 224 g/mol. The first-order valence-electron chi connectivity index (χ1n) is 3.34. The van der Waals surface area contributed by atoms with Crippen LogP contribution in [-0.4, -0.2) is 32.4 Å². The zero-order valence-electron chi connectivity index (χ0n) is 7.83. The molecule has 0 atom stereocenters. The zero-order valence-corrected chi connectivity index (χ0v) is 9.39. The van der Waals surface area contributed by atoms with E-state index in [9.17, 15) is 9.59 Å². The van der Waals surface area contributed by atoms with Crippen LogP contribution in [0.3, 0.4) is 0 Å². The van der Waals surface area contributed by atoms with Crippen molar-refractivity contribution in [3.63, 3.8) is 0 Å². The molecular formula is C7H12O5Ti. The van der Waals surface area contributed by atoms with E-state index in [4.69, 9.17) is 0 Å². The molecule has 0 aromatic heterocycles. The number of hydrogen-bond acceptors (Lipinski definition) is 5. The molecule has 0 unspecified atom stereocenters. The molecule has 6 heteroatoms. The van der Waals surface area contributed by atoms with E-state index in [2.05, 4.69) is 14.2 Å². The summed E-state index contributed by atoms with van der Waals surface area (Å²) in [4.78, 5) is 21.2. The number of ketones is 1. The minimum atomic E-state index is -1.03. The van der Waals surface area contributed by atoms with Crippen molar-refractivity contribution in [2.24, 2.45) is 0 Å². The predicted molar refractivity (Wildman–Crippen MR) is 39.2 cm³/mol. The second-order valence-electron chi connectivity index (χ2n) is 2.13. The Hall–Kier alpha value is -0.226. The molecule has 0 fully saturated rings. The molecule has 0 bridgehead atoms. The van der Waals surface area contributed by atoms with E-state index in [1.807, 2.05) is 0 Å². The molecule has 0 aromatic rings. The molecule has 0 radical (unpaired) electrons. The Morgan fingerprint density at radius 3 is 2.00 bits per heavy atom. The minimum Gasteiger partial charge on any atom is -0.410 e. The number of ether oxygens (including phenoxy) is 3. The van der Waals surface area contributed by atoms with Crippen LogP contribution in [0, 0.1) is 0 Å². The molecular weight excluding hydrogens is 212 g/mol. The van der Waals surface area contributed by atoms with Gasteiger partial charge in [-0.05, 0) is 6.92 Å². The van der Waals surface area contributed by atoms with E-state index in [-0.39, 0.29) is 33.9 Å². The summed E-state index contributed by atoms with van der Waals surface area (Å²) in [7, 11) is 2.66. The van der Waals surface area contributed by atoms with E-state index in [1.165, 1.54) is 21.1 Å². The molecule has 0 saturated heterocycles. The molecule has 0 saturated carbocycles. The molecule has 0 heterocycles. The Bertz CT molecular complexity index is 166. The molecule has 0 N–H and O–H groups in total. The molecule has 0 rings (SSSR count). The van der Waals surface area contributed by atoms with Crippen LogP contribution < -0.4 is 0 Å². The van der Waals surface area contributed by atoms with E-state index in [0.717, 1.165) is 0 Å². The van der Waals surface area contributed by atoms with Gasteiger partial charge in [-0.2, -0.15) is 0 Å². The topological polar surface area (TPSA) is 61.8 Å². The quantitative estimate of drug-likeness (QED) is 0.286. The largest absolute Gasteiger partial charge is 0.410 e. The van der Waals surface area contributed by atoms with E-state index < -0.39 is 12.4 Å². The molecule has 0 amide bonds. The van der Waals surface area contributed by atoms with Crippen LogP contribution in [0.1, 0.15) is 13.3 Å². The number of rotatable bonds is 5. The van der Waals surface area contributed by atoms with Crippen LogP contribution in [0.5, 0.6) is 0 Å². The van der Waals surface area contributed by atoms with Crippen LogP contribution in [0.15, 0.2) is 0 Å². The van der Waals surface area contributed by atoms with Gasteiger partial charge >= 0.3 is 12.4 Å². The van der Waals surface area contributed by atoms with Gasteiger partial charge in [-0.15, -0.1) is 0 Å². The summed E-state index contributed by atoms with van der Waals surface area (Å²) in [5.74, 6) is -0.915. The molecule has 0 aliphatic heterocycles. The van der Waals surface area contributed by atoms with Crippen LogP contribution in [0.25, 0.3) is 0 Å². The Labute approximate surface area is 91.6 Å². The summed E-state index contributed by atoms with van der Waals surface area (Å²) >= 11 is 0. The number of methoxy groups -OCH3 is 2. The molecule has 74 valence electrons. The summed E-state index contributed by atoms with van der Waals surface area (Å²) in [5.41, 5.74) is 0. The first-order valence-corrected chi connectivity index (χ1v) is 3.34. The van der Waals surface area contributed by atoms with E-state index in [0.29, 0.717) is 0 Å². The van der Waals surface area contributed by atoms with Crippen molar-refractivity contribution in [3.8, 4) is 0 Å². The van der Waals surface area contributed by atoms with Gasteiger partial charge in [-0.3, -0.25) is 9.59 Å². The van der Waals surface area contributed by atoms with E-state index in [1.54, 1.807) is 0 Å². The smallest absolute Gasteiger partial charge is 0.317 e. The van der Waals surface area contributed by atoms with Crippen LogP contribution in [0.2, 0.25) is 0 Å². The van der Waals surface area contributed by atoms with Gasteiger partial charge in [0.2, 0.25) is 0 Å². The zero-order chi connectivity index (χ0) is 9.56. The number of carbonyl (C=O) groups excluding carboxylic acids is 2. The minimum absolute atomic E-state index is 0. The summed E-state index contributed by atoms with van der Waals surface area (Å²) in [5, 5.41) is 0. The van der Waals surface area contributed by atoms with Crippen molar-refractivity contribution in [1.82, 2.24) is 0 Å². The number of Topliss-reactive ketones (excluding diaryl/α,β-unsaturated/α-hetero) is 1. The fraction of sp³-hybridized carbons (Fsp3) is 0.714. The van der Waals surface area contributed by atoms with Gasteiger partial charge in [0.05, 0.1) is 0 Å². The molecule has 0 spiro atoms. The molecule has 5 nitrogen and oxygen atoms in total. The van der Waals surface area contributed by atoms with Gasteiger partial charge in [0.25, 0.3) is 0 Å². The molecule has 0 aliphatic carbocycles. The van der Waals surface area contributed by atoms with Crippen molar-refractivity contribution in [1.29, 1.82) is 0 Å². The maximum absolute atomic E-state index is 10.8. The second-order valence-corrected chi connectivity index (χ2v) is 2.13. The predicted octanol–water partition coefficient (Wildman–Crippen LogP) is 0.0826. The Balaban J connectivity index is 0. The molecule has 13 heavy (non-hydrogen) atoms. The maximum atomic E-state index is 10.8. The third kappa shape index (κ3) is 8.11. The number of hydrogen-bond donors (Lipinski definition) is 0. The normalized spacial score (nSPS) is 9.23. The van der Waals surface area contributed by atoms with Gasteiger partial charge in [0.15, 0.2) is 0 Å². The van der Waals surface area contributed by atoms with Crippen molar-refractivity contribution < 1.29 is 45.5 Å². The van der Waals surface area contributed by atoms with Crippen molar-refractivity contribution in [3.05, 3.63) is 0 Å². The van der Waals surface area contributed by atoms with Gasteiger partial charge < -0.3 is 14.2 Å². The van der Waals surface area contributed by atoms with Gasteiger partial charge in [-0.1, -0.05) is 0 Å². The summed E-state index contributed by atoms with van der Waals surface area (Å²) in [6, 6.07) is 0. The summed E-state index contributed by atoms with van der Waals surface area (Å²) in [6.45, 7) is 0.271. The van der Waals surface area contributed by atoms with Gasteiger partial charge in [0.1, 0.15) is 12.2 Å². The Morgan fingerprint density at radius 2 is 1.69 bits per heavy atom. The van der Waals surface area contributed by atoms with Gasteiger partial charge in [-0.25, -0.2) is 0 Å². The van der Waals surface area contributed by atoms with Crippen LogP contribution in [-0.2, 0) is 45.5 Å². The van der Waals surface area contributed by atoms with Crippen molar-refractivity contribution >= 4 is 11.8 Å². The third-order valence-corrected chi connectivity index (χ3v) is 1.01. The fourth-order valence-corrected chi connectivity index (χ4v) is 0.545. The SMILES string of the molecule is COC(OC)OC(=O)CC(C)=O.[Ti]. The van der Waals surface area contributed by atoms with Gasteiger partial charge in [0, 0.05) is 35.9 Å². The van der Waals surface area contributed by atoms with Crippen molar-refractivity contribution in [2.45, 2.75) is 19.8 Å². The summed E-state index contributed by atoms with van der Waals surface area (Å²) < 4.78 is 13.7. The third-order valence-electron chi connectivity index (χ3n) is 1.01. The molecule has 0 aromatic carbocycles. The number of esters is 1. The monoisotopic (exact) mass is 224 g/mol. The Kier molecular flexibility index (Phi) is 9.83.